The van der Waals surface area contributed by atoms with E-state index in [-0.39, 0.29) is 17.3 Å². The summed E-state index contributed by atoms with van der Waals surface area (Å²) in [6.45, 7) is 4.71. The van der Waals surface area contributed by atoms with Crippen LogP contribution in [0.1, 0.15) is 51.0 Å². The Morgan fingerprint density at radius 1 is 1.35 bits per heavy atom. The highest BCUT2D eigenvalue weighted by molar-refractivity contribution is 5.77. The van der Waals surface area contributed by atoms with Crippen LogP contribution in [0.25, 0.3) is 11.0 Å². The molecule has 0 bridgehead atoms. The first-order valence-corrected chi connectivity index (χ1v) is 11.1. The molecular formula is C23H27FN4O3. The number of imidazole rings is 1. The van der Waals surface area contributed by atoms with Gasteiger partial charge in [0.2, 0.25) is 0 Å². The number of aromatic nitrogens is 2. The fraction of sp³-hybridized carbons (Fsp3) is 0.609. The van der Waals surface area contributed by atoms with E-state index in [2.05, 4.69) is 11.9 Å². The predicted octanol–water partition coefficient (Wildman–Crippen LogP) is 4.00. The SMILES string of the molecule is CC1(CN2CC3(CCCC(Cn4cnc5cc(F)c(C#N)cc54)C3)OC2=O)CCCO1. The van der Waals surface area contributed by atoms with Gasteiger partial charge < -0.3 is 18.9 Å². The van der Waals surface area contributed by atoms with Crippen LogP contribution in [0.15, 0.2) is 18.5 Å². The minimum absolute atomic E-state index is 0.0253. The Labute approximate surface area is 180 Å². The Hall–Kier alpha value is -2.66. The lowest BCUT2D eigenvalue weighted by Crippen LogP contribution is -2.44. The van der Waals surface area contributed by atoms with Gasteiger partial charge in [-0.2, -0.15) is 5.26 Å². The van der Waals surface area contributed by atoms with Gasteiger partial charge >= 0.3 is 6.09 Å². The van der Waals surface area contributed by atoms with Crippen LogP contribution in [-0.4, -0.2) is 51.4 Å². The van der Waals surface area contributed by atoms with Crippen molar-refractivity contribution in [3.63, 3.8) is 0 Å². The molecule has 2 aliphatic heterocycles. The molecular weight excluding hydrogens is 399 g/mol. The van der Waals surface area contributed by atoms with Crippen LogP contribution < -0.4 is 0 Å². The first-order valence-electron chi connectivity index (χ1n) is 11.1. The molecule has 3 heterocycles. The summed E-state index contributed by atoms with van der Waals surface area (Å²) in [5.41, 5.74) is 0.605. The molecule has 3 unspecified atom stereocenters. The summed E-state index contributed by atoms with van der Waals surface area (Å²) in [4.78, 5) is 18.8. The van der Waals surface area contributed by atoms with Crippen LogP contribution in [0.3, 0.4) is 0 Å². The van der Waals surface area contributed by atoms with Crippen LogP contribution in [0.5, 0.6) is 0 Å². The van der Waals surface area contributed by atoms with Gasteiger partial charge in [0.05, 0.1) is 41.6 Å². The molecule has 0 radical (unpaired) electrons. The van der Waals surface area contributed by atoms with E-state index in [1.54, 1.807) is 12.4 Å². The van der Waals surface area contributed by atoms with E-state index < -0.39 is 11.4 Å². The van der Waals surface area contributed by atoms with Crippen LogP contribution in [-0.2, 0) is 16.0 Å². The fourth-order valence-corrected chi connectivity index (χ4v) is 5.60. The van der Waals surface area contributed by atoms with E-state index in [4.69, 9.17) is 14.7 Å². The van der Waals surface area contributed by atoms with Gasteiger partial charge in [-0.05, 0) is 57.4 Å². The number of benzene rings is 1. The van der Waals surface area contributed by atoms with E-state index in [0.29, 0.717) is 31.1 Å². The number of hydrogen-bond donors (Lipinski definition) is 0. The average Bonchev–Trinajstić information content (AvgIpc) is 3.40. The number of nitrogens with zero attached hydrogens (tertiary/aromatic N) is 4. The third kappa shape index (κ3) is 3.76. The third-order valence-corrected chi connectivity index (χ3v) is 7.06. The van der Waals surface area contributed by atoms with E-state index in [9.17, 15) is 9.18 Å². The van der Waals surface area contributed by atoms with Crippen molar-refractivity contribution in [3.05, 3.63) is 29.8 Å². The number of ether oxygens (including phenoxy) is 2. The van der Waals surface area contributed by atoms with E-state index in [1.807, 2.05) is 15.5 Å². The summed E-state index contributed by atoms with van der Waals surface area (Å²) in [5.74, 6) is -0.234. The number of carbonyl (C=O) groups excluding carboxylic acids is 1. The van der Waals surface area contributed by atoms with E-state index >= 15 is 0 Å². The van der Waals surface area contributed by atoms with Crippen molar-refractivity contribution in [1.29, 1.82) is 5.26 Å². The topological polar surface area (TPSA) is 80.4 Å². The zero-order valence-corrected chi connectivity index (χ0v) is 17.8. The lowest BCUT2D eigenvalue weighted by Gasteiger charge is -2.36. The van der Waals surface area contributed by atoms with Crippen LogP contribution in [0.2, 0.25) is 0 Å². The molecule has 1 aromatic heterocycles. The zero-order valence-electron chi connectivity index (χ0n) is 17.8. The highest BCUT2D eigenvalue weighted by Crippen LogP contribution is 2.41. The molecule has 1 spiro atoms. The summed E-state index contributed by atoms with van der Waals surface area (Å²) in [5, 5.41) is 9.16. The van der Waals surface area contributed by atoms with Gasteiger partial charge in [-0.25, -0.2) is 14.2 Å². The zero-order chi connectivity index (χ0) is 21.6. The summed E-state index contributed by atoms with van der Waals surface area (Å²) in [6, 6.07) is 4.78. The Bertz CT molecular complexity index is 1060. The third-order valence-electron chi connectivity index (χ3n) is 7.06. The second-order valence-corrected chi connectivity index (χ2v) is 9.60. The van der Waals surface area contributed by atoms with Crippen LogP contribution in [0.4, 0.5) is 9.18 Å². The maximum atomic E-state index is 13.9. The second-order valence-electron chi connectivity index (χ2n) is 9.60. The smallest absolute Gasteiger partial charge is 0.410 e. The predicted molar refractivity (Wildman–Crippen MR) is 111 cm³/mol. The Morgan fingerprint density at radius 2 is 2.23 bits per heavy atom. The van der Waals surface area contributed by atoms with Crippen molar-refractivity contribution in [2.24, 2.45) is 5.92 Å². The molecule has 2 saturated heterocycles. The van der Waals surface area contributed by atoms with Crippen molar-refractivity contribution in [2.75, 3.05) is 19.7 Å². The summed E-state index contributed by atoms with van der Waals surface area (Å²) >= 11 is 0. The molecule has 0 N–H and O–H groups in total. The first-order chi connectivity index (χ1) is 14.9. The van der Waals surface area contributed by atoms with Crippen molar-refractivity contribution >= 4 is 17.1 Å². The lowest BCUT2D eigenvalue weighted by molar-refractivity contribution is -0.00120. The minimum atomic E-state index is -0.547. The minimum Gasteiger partial charge on any atom is -0.441 e. The average molecular weight is 426 g/mol. The Kier molecular flexibility index (Phi) is 4.89. The maximum Gasteiger partial charge on any atom is 0.410 e. The van der Waals surface area contributed by atoms with Gasteiger partial charge in [0.25, 0.3) is 0 Å². The molecule has 1 aliphatic carbocycles. The van der Waals surface area contributed by atoms with Gasteiger partial charge in [-0.3, -0.25) is 0 Å². The Morgan fingerprint density at radius 3 is 3.00 bits per heavy atom. The summed E-state index contributed by atoms with van der Waals surface area (Å²) in [6.07, 6.45) is 7.15. The number of halogens is 1. The quantitative estimate of drug-likeness (QED) is 0.738. The number of amides is 1. The molecule has 1 amide bonds. The Balaban J connectivity index is 1.30. The standard InChI is InChI=1S/C23H27FN4O3/c1-22(5-3-7-30-22)13-28-14-23(31-21(28)29)6-2-4-16(10-23)12-27-15-26-19-9-18(24)17(11-25)8-20(19)27/h8-9,15-16H,2-7,10,12-14H2,1H3. The molecule has 3 atom stereocenters. The molecule has 31 heavy (non-hydrogen) atoms. The molecule has 5 rings (SSSR count). The number of nitriles is 1. The van der Waals surface area contributed by atoms with E-state index in [1.165, 1.54) is 6.07 Å². The fourth-order valence-electron chi connectivity index (χ4n) is 5.60. The van der Waals surface area contributed by atoms with Crippen LogP contribution in [0, 0.1) is 23.1 Å². The van der Waals surface area contributed by atoms with Gasteiger partial charge in [-0.1, -0.05) is 0 Å². The molecule has 1 saturated carbocycles. The van der Waals surface area contributed by atoms with Crippen molar-refractivity contribution in [2.45, 2.75) is 63.2 Å². The lowest BCUT2D eigenvalue weighted by atomic mass is 9.78. The van der Waals surface area contributed by atoms with Gasteiger partial charge in [0.1, 0.15) is 17.5 Å². The second kappa shape index (κ2) is 7.49. The molecule has 1 aromatic carbocycles. The largest absolute Gasteiger partial charge is 0.441 e. The summed E-state index contributed by atoms with van der Waals surface area (Å²) < 4.78 is 27.7. The number of hydrogen-bond acceptors (Lipinski definition) is 5. The monoisotopic (exact) mass is 426 g/mol. The number of fused-ring (bicyclic) bond motifs is 1. The molecule has 164 valence electrons. The highest BCUT2D eigenvalue weighted by Gasteiger charge is 2.49. The molecule has 7 nitrogen and oxygen atoms in total. The normalized spacial score (nSPS) is 30.8. The first kappa shape index (κ1) is 20.3. The number of rotatable bonds is 4. The van der Waals surface area contributed by atoms with Crippen molar-refractivity contribution in [3.8, 4) is 6.07 Å². The van der Waals surface area contributed by atoms with E-state index in [0.717, 1.165) is 50.6 Å². The maximum absolute atomic E-state index is 13.9. The van der Waals surface area contributed by atoms with Crippen molar-refractivity contribution < 1.29 is 18.7 Å². The highest BCUT2D eigenvalue weighted by atomic mass is 19.1. The van der Waals surface area contributed by atoms with Gasteiger partial charge in [-0.15, -0.1) is 0 Å². The van der Waals surface area contributed by atoms with Crippen molar-refractivity contribution in [1.82, 2.24) is 14.5 Å². The van der Waals surface area contributed by atoms with Gasteiger partial charge in [0, 0.05) is 19.2 Å². The van der Waals surface area contributed by atoms with Crippen LogP contribution >= 0.6 is 0 Å². The van der Waals surface area contributed by atoms with Gasteiger partial charge in [0.15, 0.2) is 0 Å². The molecule has 8 heteroatoms. The molecule has 2 aromatic rings. The molecule has 3 fully saturated rings. The number of carbonyl (C=O) groups is 1. The summed E-state index contributed by atoms with van der Waals surface area (Å²) in [7, 11) is 0. The molecule has 3 aliphatic rings.